The summed E-state index contributed by atoms with van der Waals surface area (Å²) in [5, 5.41) is 34.1. The van der Waals surface area contributed by atoms with Crippen LogP contribution in [-0.4, -0.2) is 46.2 Å². The number of hydrogen-bond donors (Lipinski definition) is 3. The molecule has 4 aliphatic carbocycles. The number of hydrogen-bond acceptors (Lipinski definition) is 5. The Bertz CT molecular complexity index is 951. The van der Waals surface area contributed by atoms with Crippen LogP contribution >= 0.6 is 0 Å². The number of fused-ring (bicyclic) bond motifs is 5. The molecule has 3 N–H and O–H groups in total. The van der Waals surface area contributed by atoms with Gasteiger partial charge in [-0.25, -0.2) is 4.79 Å². The van der Waals surface area contributed by atoms with Crippen molar-refractivity contribution >= 4 is 5.97 Å². The lowest BCUT2D eigenvalue weighted by Crippen LogP contribution is -2.67. The summed E-state index contributed by atoms with van der Waals surface area (Å²) < 4.78 is 4.78. The molecule has 1 unspecified atom stereocenters. The highest BCUT2D eigenvalue weighted by Gasteiger charge is 2.69. The van der Waals surface area contributed by atoms with E-state index >= 15 is 0 Å². The Balaban J connectivity index is 1.59. The predicted octanol–water partition coefficient (Wildman–Crippen LogP) is 5.57. The minimum atomic E-state index is -0.743. The van der Waals surface area contributed by atoms with Crippen LogP contribution in [0.1, 0.15) is 99.8 Å². The standard InChI is InChI=1S/C31H50O5/c1-19(26(34)36-8)17-21(32)18-20(2)28(5)13-11-22-23-9-10-24-27(3,4)25(33)12-14-30(24,7)31(23,35)16-15-29(22,28)6/h11,17,20-21,23-25,32-33,35H,9-10,12-16,18H2,1-8H3/b19-17+/t20-,21?,23+,24+,25-,28+,29+,30+,31-/m1/s1. The van der Waals surface area contributed by atoms with E-state index in [1.54, 1.807) is 13.0 Å². The molecular formula is C31H50O5. The molecule has 36 heavy (non-hydrogen) atoms. The second-order valence-electron chi connectivity index (χ2n) is 14.1. The van der Waals surface area contributed by atoms with E-state index in [9.17, 15) is 20.1 Å². The number of methoxy groups -OCH3 is 1. The van der Waals surface area contributed by atoms with Crippen LogP contribution in [0.15, 0.2) is 23.3 Å². The van der Waals surface area contributed by atoms with Gasteiger partial charge in [0.05, 0.1) is 24.9 Å². The average molecular weight is 503 g/mol. The number of rotatable bonds is 5. The molecular weight excluding hydrogens is 452 g/mol. The molecule has 3 saturated carbocycles. The molecule has 4 aliphatic rings. The van der Waals surface area contributed by atoms with Crippen LogP contribution in [0.4, 0.5) is 0 Å². The van der Waals surface area contributed by atoms with Crippen molar-refractivity contribution in [3.05, 3.63) is 23.3 Å². The summed E-state index contributed by atoms with van der Waals surface area (Å²) in [6.07, 6.45) is 9.97. The van der Waals surface area contributed by atoms with E-state index < -0.39 is 17.7 Å². The van der Waals surface area contributed by atoms with E-state index in [4.69, 9.17) is 4.74 Å². The van der Waals surface area contributed by atoms with Gasteiger partial charge in [0.25, 0.3) is 0 Å². The molecule has 0 bridgehead atoms. The van der Waals surface area contributed by atoms with Crippen LogP contribution in [0.2, 0.25) is 0 Å². The molecule has 5 heteroatoms. The fourth-order valence-corrected chi connectivity index (χ4v) is 9.54. The molecule has 0 aromatic heterocycles. The first kappa shape index (κ1) is 27.9. The van der Waals surface area contributed by atoms with Crippen LogP contribution in [0.5, 0.6) is 0 Å². The Morgan fingerprint density at radius 3 is 2.44 bits per heavy atom. The van der Waals surface area contributed by atoms with Crippen molar-refractivity contribution in [2.45, 2.75) is 118 Å². The maximum absolute atomic E-state index is 12.5. The lowest BCUT2D eigenvalue weighted by molar-refractivity contribution is -0.243. The summed E-state index contributed by atoms with van der Waals surface area (Å²) in [6, 6.07) is 0. The molecule has 5 nitrogen and oxygen atoms in total. The monoisotopic (exact) mass is 502 g/mol. The van der Waals surface area contributed by atoms with Gasteiger partial charge in [-0.2, -0.15) is 0 Å². The third kappa shape index (κ3) is 3.70. The first-order valence-corrected chi connectivity index (χ1v) is 14.1. The average Bonchev–Trinajstić information content (AvgIpc) is 3.08. The zero-order valence-electron chi connectivity index (χ0n) is 23.9. The fraction of sp³-hybridized carbons (Fsp3) is 0.839. The van der Waals surface area contributed by atoms with Crippen molar-refractivity contribution in [1.82, 2.24) is 0 Å². The van der Waals surface area contributed by atoms with Gasteiger partial charge >= 0.3 is 5.97 Å². The van der Waals surface area contributed by atoms with Crippen molar-refractivity contribution in [2.24, 2.45) is 39.4 Å². The molecule has 0 aromatic rings. The third-order valence-electron chi connectivity index (χ3n) is 12.4. The van der Waals surface area contributed by atoms with E-state index in [1.807, 2.05) is 0 Å². The molecule has 0 radical (unpaired) electrons. The Labute approximate surface area is 218 Å². The summed E-state index contributed by atoms with van der Waals surface area (Å²) in [5.74, 6) is 0.296. The largest absolute Gasteiger partial charge is 0.466 e. The summed E-state index contributed by atoms with van der Waals surface area (Å²) in [6.45, 7) is 15.4. The van der Waals surface area contributed by atoms with Crippen molar-refractivity contribution in [1.29, 1.82) is 0 Å². The Hall–Kier alpha value is -1.17. The molecule has 0 heterocycles. The fourth-order valence-electron chi connectivity index (χ4n) is 9.54. The minimum absolute atomic E-state index is 0.0303. The topological polar surface area (TPSA) is 87.0 Å². The smallest absolute Gasteiger partial charge is 0.333 e. The molecule has 0 spiro atoms. The molecule has 0 aliphatic heterocycles. The maximum Gasteiger partial charge on any atom is 0.333 e. The number of carbonyl (C=O) groups is 1. The van der Waals surface area contributed by atoms with Gasteiger partial charge in [-0.15, -0.1) is 0 Å². The molecule has 0 saturated heterocycles. The maximum atomic E-state index is 12.5. The van der Waals surface area contributed by atoms with Gasteiger partial charge in [0.1, 0.15) is 0 Å². The van der Waals surface area contributed by atoms with Crippen LogP contribution in [-0.2, 0) is 9.53 Å². The molecule has 9 atom stereocenters. The van der Waals surface area contributed by atoms with Gasteiger partial charge in [-0.3, -0.25) is 0 Å². The zero-order valence-corrected chi connectivity index (χ0v) is 23.9. The van der Waals surface area contributed by atoms with E-state index in [0.717, 1.165) is 44.9 Å². The van der Waals surface area contributed by atoms with E-state index in [0.29, 0.717) is 17.9 Å². The summed E-state index contributed by atoms with van der Waals surface area (Å²) in [7, 11) is 1.36. The highest BCUT2D eigenvalue weighted by Crippen LogP contribution is 2.72. The number of carbonyl (C=O) groups excluding carboxylic acids is 1. The second-order valence-corrected chi connectivity index (χ2v) is 14.1. The summed E-state index contributed by atoms with van der Waals surface area (Å²) in [5.41, 5.74) is 0.685. The van der Waals surface area contributed by atoms with Gasteiger partial charge < -0.3 is 20.1 Å². The number of allylic oxidation sites excluding steroid dienone is 1. The Kier molecular flexibility index (Phi) is 6.92. The van der Waals surface area contributed by atoms with E-state index in [1.165, 1.54) is 12.7 Å². The van der Waals surface area contributed by atoms with E-state index in [-0.39, 0.29) is 39.6 Å². The lowest BCUT2D eigenvalue weighted by atomic mass is 9.39. The van der Waals surface area contributed by atoms with Crippen molar-refractivity contribution < 1.29 is 24.9 Å². The van der Waals surface area contributed by atoms with E-state index in [2.05, 4.69) is 47.6 Å². The van der Waals surface area contributed by atoms with Gasteiger partial charge in [0.15, 0.2) is 0 Å². The van der Waals surface area contributed by atoms with Crippen LogP contribution in [0, 0.1) is 39.4 Å². The summed E-state index contributed by atoms with van der Waals surface area (Å²) >= 11 is 0. The third-order valence-corrected chi connectivity index (χ3v) is 12.4. The first-order chi connectivity index (χ1) is 16.6. The number of aliphatic hydroxyl groups is 3. The minimum Gasteiger partial charge on any atom is -0.466 e. The Morgan fingerprint density at radius 1 is 1.14 bits per heavy atom. The predicted molar refractivity (Wildman–Crippen MR) is 142 cm³/mol. The quantitative estimate of drug-likeness (QED) is 0.260. The molecule has 3 fully saturated rings. The number of ether oxygens (including phenoxy) is 1. The number of esters is 1. The molecule has 0 aromatic carbocycles. The van der Waals surface area contributed by atoms with Crippen LogP contribution in [0.3, 0.4) is 0 Å². The SMILES string of the molecule is COC(=O)/C(C)=C/C(O)C[C@@H](C)[C@]1(C)CC=C2[C@@H]3CC[C@H]4C(C)(C)[C@H](O)CC[C@]4(C)[C@@]3(O)CC[C@@]21C. The zero-order chi connectivity index (χ0) is 26.9. The first-order valence-electron chi connectivity index (χ1n) is 14.1. The molecule has 204 valence electrons. The van der Waals surface area contributed by atoms with Crippen molar-refractivity contribution in [3.63, 3.8) is 0 Å². The van der Waals surface area contributed by atoms with Crippen molar-refractivity contribution in [3.8, 4) is 0 Å². The highest BCUT2D eigenvalue weighted by molar-refractivity contribution is 5.87. The summed E-state index contributed by atoms with van der Waals surface area (Å²) in [4.78, 5) is 11.8. The lowest BCUT2D eigenvalue weighted by Gasteiger charge is -2.68. The van der Waals surface area contributed by atoms with Crippen LogP contribution in [0.25, 0.3) is 0 Å². The van der Waals surface area contributed by atoms with Crippen LogP contribution < -0.4 is 0 Å². The molecule has 0 amide bonds. The van der Waals surface area contributed by atoms with Gasteiger partial charge in [0.2, 0.25) is 0 Å². The van der Waals surface area contributed by atoms with Gasteiger partial charge in [-0.1, -0.05) is 53.2 Å². The number of aliphatic hydroxyl groups excluding tert-OH is 2. The van der Waals surface area contributed by atoms with Gasteiger partial charge in [0, 0.05) is 16.9 Å². The normalized spacial score (nSPS) is 45.6. The van der Waals surface area contributed by atoms with Crippen molar-refractivity contribution in [2.75, 3.05) is 7.11 Å². The van der Waals surface area contributed by atoms with Gasteiger partial charge in [-0.05, 0) is 92.4 Å². The molecule has 4 rings (SSSR count). The Morgan fingerprint density at radius 2 is 1.81 bits per heavy atom. The second kappa shape index (κ2) is 8.95. The highest BCUT2D eigenvalue weighted by atomic mass is 16.5.